The highest BCUT2D eigenvalue weighted by atomic mass is 16.5. The Kier molecular flexibility index (Phi) is 4.81. The van der Waals surface area contributed by atoms with Crippen LogP contribution in [0.25, 0.3) is 11.3 Å². The van der Waals surface area contributed by atoms with Crippen LogP contribution in [0.3, 0.4) is 0 Å². The van der Waals surface area contributed by atoms with Crippen LogP contribution in [0.4, 0.5) is 0 Å². The van der Waals surface area contributed by atoms with Crippen molar-refractivity contribution in [1.29, 1.82) is 0 Å². The minimum absolute atomic E-state index is 0.191. The Morgan fingerprint density at radius 3 is 2.62 bits per heavy atom. The van der Waals surface area contributed by atoms with Gasteiger partial charge in [0.2, 0.25) is 0 Å². The first kappa shape index (κ1) is 14.9. The van der Waals surface area contributed by atoms with Crippen molar-refractivity contribution in [3.63, 3.8) is 0 Å². The van der Waals surface area contributed by atoms with E-state index < -0.39 is 5.97 Å². The van der Waals surface area contributed by atoms with Crippen LogP contribution in [0.2, 0.25) is 0 Å². The second-order valence-electron chi connectivity index (χ2n) is 4.23. The average molecular weight is 291 g/mol. The molecule has 21 heavy (non-hydrogen) atoms. The van der Waals surface area contributed by atoms with E-state index in [1.165, 1.54) is 6.39 Å². The van der Waals surface area contributed by atoms with Crippen molar-refractivity contribution in [2.75, 3.05) is 13.2 Å². The fourth-order valence-electron chi connectivity index (χ4n) is 1.97. The molecule has 0 saturated carbocycles. The summed E-state index contributed by atoms with van der Waals surface area (Å²) in [5.74, 6) is 0.708. The fraction of sp³-hybridized carbons (Fsp3) is 0.333. The first-order valence-electron chi connectivity index (χ1n) is 6.69. The maximum Gasteiger partial charge on any atom is 0.309 e. The summed E-state index contributed by atoms with van der Waals surface area (Å²) in [5, 5.41) is 8.88. The molecule has 0 aliphatic heterocycles. The number of oxazole rings is 1. The highest BCUT2D eigenvalue weighted by molar-refractivity contribution is 5.74. The Balaban J connectivity index is 2.38. The van der Waals surface area contributed by atoms with Crippen molar-refractivity contribution < 1.29 is 23.8 Å². The van der Waals surface area contributed by atoms with Crippen LogP contribution in [0, 0.1) is 0 Å². The standard InChI is InChI=1S/C15H17NO5/c1-3-19-12-6-5-10(7-13(12)20-4-2)15-11(8-14(17)18)16-9-21-15/h5-7,9H,3-4,8H2,1-2H3,(H,17,18). The number of benzene rings is 1. The third kappa shape index (κ3) is 3.53. The van der Waals surface area contributed by atoms with Crippen molar-refractivity contribution in [2.24, 2.45) is 0 Å². The van der Waals surface area contributed by atoms with Gasteiger partial charge in [0.05, 0.1) is 25.3 Å². The van der Waals surface area contributed by atoms with Gasteiger partial charge in [0, 0.05) is 5.56 Å². The molecule has 0 radical (unpaired) electrons. The lowest BCUT2D eigenvalue weighted by Crippen LogP contribution is -2.02. The molecule has 112 valence electrons. The molecule has 1 N–H and O–H groups in total. The first-order chi connectivity index (χ1) is 10.2. The van der Waals surface area contributed by atoms with Gasteiger partial charge in [-0.15, -0.1) is 0 Å². The lowest BCUT2D eigenvalue weighted by molar-refractivity contribution is -0.136. The van der Waals surface area contributed by atoms with Crippen molar-refractivity contribution >= 4 is 5.97 Å². The molecule has 2 rings (SSSR count). The van der Waals surface area contributed by atoms with Gasteiger partial charge in [-0.3, -0.25) is 4.79 Å². The molecule has 0 amide bonds. The summed E-state index contributed by atoms with van der Waals surface area (Å²) < 4.78 is 16.4. The SMILES string of the molecule is CCOc1ccc(-c2ocnc2CC(=O)O)cc1OCC. The summed E-state index contributed by atoms with van der Waals surface area (Å²) in [7, 11) is 0. The molecule has 0 unspecified atom stereocenters. The molecular formula is C15H17NO5. The van der Waals surface area contributed by atoms with Crippen molar-refractivity contribution in [3.8, 4) is 22.8 Å². The number of hydrogen-bond acceptors (Lipinski definition) is 5. The maximum atomic E-state index is 10.8. The third-order valence-corrected chi connectivity index (χ3v) is 2.77. The van der Waals surface area contributed by atoms with E-state index in [0.717, 1.165) is 0 Å². The van der Waals surface area contributed by atoms with Crippen LogP contribution in [-0.4, -0.2) is 29.3 Å². The van der Waals surface area contributed by atoms with E-state index in [9.17, 15) is 4.79 Å². The number of ether oxygens (including phenoxy) is 2. The van der Waals surface area contributed by atoms with Crippen LogP contribution in [-0.2, 0) is 11.2 Å². The fourth-order valence-corrected chi connectivity index (χ4v) is 1.97. The Bertz CT molecular complexity index is 620. The van der Waals surface area contributed by atoms with Gasteiger partial charge in [-0.25, -0.2) is 4.98 Å². The zero-order valence-corrected chi connectivity index (χ0v) is 12.0. The molecule has 6 heteroatoms. The van der Waals surface area contributed by atoms with Gasteiger partial charge in [0.15, 0.2) is 23.7 Å². The van der Waals surface area contributed by atoms with Gasteiger partial charge in [-0.1, -0.05) is 0 Å². The molecule has 0 spiro atoms. The Morgan fingerprint density at radius 2 is 1.95 bits per heavy atom. The van der Waals surface area contributed by atoms with E-state index in [2.05, 4.69) is 4.98 Å². The van der Waals surface area contributed by atoms with E-state index in [1.807, 2.05) is 13.8 Å². The molecule has 1 aromatic heterocycles. The molecule has 1 aromatic carbocycles. The van der Waals surface area contributed by atoms with Gasteiger partial charge >= 0.3 is 5.97 Å². The Labute approximate surface area is 122 Å². The number of carboxylic acid groups (broad SMARTS) is 1. The average Bonchev–Trinajstić information content (AvgIpc) is 2.88. The summed E-state index contributed by atoms with van der Waals surface area (Å²) in [6.07, 6.45) is 1.05. The summed E-state index contributed by atoms with van der Waals surface area (Å²) in [5.41, 5.74) is 1.09. The summed E-state index contributed by atoms with van der Waals surface area (Å²) in [4.78, 5) is 14.8. The second-order valence-corrected chi connectivity index (χ2v) is 4.23. The number of aliphatic carboxylic acids is 1. The quantitative estimate of drug-likeness (QED) is 0.844. The zero-order valence-electron chi connectivity index (χ0n) is 12.0. The van der Waals surface area contributed by atoms with Crippen LogP contribution in [0.5, 0.6) is 11.5 Å². The molecule has 1 heterocycles. The van der Waals surface area contributed by atoms with E-state index in [4.69, 9.17) is 19.0 Å². The largest absolute Gasteiger partial charge is 0.490 e. The van der Waals surface area contributed by atoms with E-state index in [1.54, 1.807) is 18.2 Å². The third-order valence-electron chi connectivity index (χ3n) is 2.77. The van der Waals surface area contributed by atoms with Gasteiger partial charge in [-0.05, 0) is 32.0 Å². The molecule has 0 fully saturated rings. The van der Waals surface area contributed by atoms with Crippen LogP contribution in [0.15, 0.2) is 29.0 Å². The lowest BCUT2D eigenvalue weighted by Gasteiger charge is -2.11. The highest BCUT2D eigenvalue weighted by Crippen LogP contribution is 2.34. The van der Waals surface area contributed by atoms with E-state index in [-0.39, 0.29) is 6.42 Å². The van der Waals surface area contributed by atoms with E-state index in [0.29, 0.717) is 41.7 Å². The molecule has 0 aliphatic carbocycles. The second kappa shape index (κ2) is 6.78. The number of rotatable bonds is 7. The van der Waals surface area contributed by atoms with Gasteiger partial charge < -0.3 is 19.0 Å². The van der Waals surface area contributed by atoms with E-state index >= 15 is 0 Å². The van der Waals surface area contributed by atoms with Gasteiger partial charge in [-0.2, -0.15) is 0 Å². The van der Waals surface area contributed by atoms with Gasteiger partial charge in [0.1, 0.15) is 0 Å². The van der Waals surface area contributed by atoms with Crippen LogP contribution in [0.1, 0.15) is 19.5 Å². The molecule has 0 atom stereocenters. The molecule has 6 nitrogen and oxygen atoms in total. The van der Waals surface area contributed by atoms with Crippen LogP contribution >= 0.6 is 0 Å². The van der Waals surface area contributed by atoms with Crippen molar-refractivity contribution in [2.45, 2.75) is 20.3 Å². The minimum Gasteiger partial charge on any atom is -0.490 e. The maximum absolute atomic E-state index is 10.8. The number of carbonyl (C=O) groups is 1. The molecular weight excluding hydrogens is 274 g/mol. The number of carboxylic acids is 1. The molecule has 0 saturated heterocycles. The van der Waals surface area contributed by atoms with Crippen molar-refractivity contribution in [1.82, 2.24) is 4.98 Å². The van der Waals surface area contributed by atoms with Crippen LogP contribution < -0.4 is 9.47 Å². The summed E-state index contributed by atoms with van der Waals surface area (Å²) in [6.45, 7) is 4.81. The van der Waals surface area contributed by atoms with Gasteiger partial charge in [0.25, 0.3) is 0 Å². The molecule has 0 aliphatic rings. The highest BCUT2D eigenvalue weighted by Gasteiger charge is 2.16. The predicted molar refractivity (Wildman–Crippen MR) is 75.6 cm³/mol. The first-order valence-corrected chi connectivity index (χ1v) is 6.69. The smallest absolute Gasteiger partial charge is 0.309 e. The minimum atomic E-state index is -0.957. The zero-order chi connectivity index (χ0) is 15.2. The predicted octanol–water partition coefficient (Wildman–Crippen LogP) is 2.77. The molecule has 0 bridgehead atoms. The summed E-state index contributed by atoms with van der Waals surface area (Å²) in [6, 6.07) is 5.33. The topological polar surface area (TPSA) is 81.8 Å². The molecule has 2 aromatic rings. The Hall–Kier alpha value is -2.50. The summed E-state index contributed by atoms with van der Waals surface area (Å²) >= 11 is 0. The number of hydrogen-bond donors (Lipinski definition) is 1. The lowest BCUT2D eigenvalue weighted by atomic mass is 10.1. The normalized spacial score (nSPS) is 10.4. The number of nitrogens with zero attached hydrogens (tertiary/aromatic N) is 1. The monoisotopic (exact) mass is 291 g/mol. The number of aromatic nitrogens is 1. The van der Waals surface area contributed by atoms with Crippen molar-refractivity contribution in [3.05, 3.63) is 30.3 Å². The Morgan fingerprint density at radius 1 is 1.24 bits per heavy atom.